The van der Waals surface area contributed by atoms with E-state index in [0.717, 1.165) is 25.9 Å². The van der Waals surface area contributed by atoms with Gasteiger partial charge in [0, 0.05) is 18.8 Å². The van der Waals surface area contributed by atoms with Crippen LogP contribution in [-0.2, 0) is 0 Å². The van der Waals surface area contributed by atoms with E-state index in [1.165, 1.54) is 6.07 Å². The molecule has 0 spiro atoms. The summed E-state index contributed by atoms with van der Waals surface area (Å²) < 4.78 is 5.66. The van der Waals surface area contributed by atoms with Crippen LogP contribution in [0.25, 0.3) is 0 Å². The minimum Gasteiger partial charge on any atom is -0.477 e. The van der Waals surface area contributed by atoms with Gasteiger partial charge in [0.25, 0.3) is 0 Å². The largest absolute Gasteiger partial charge is 0.477 e. The molecule has 6 heteroatoms. The van der Waals surface area contributed by atoms with Crippen molar-refractivity contribution in [2.75, 3.05) is 20.1 Å². The number of rotatable bonds is 3. The van der Waals surface area contributed by atoms with Gasteiger partial charge in [-0.15, -0.1) is 0 Å². The van der Waals surface area contributed by atoms with Crippen LogP contribution in [0.3, 0.4) is 0 Å². The Morgan fingerprint density at radius 1 is 1.44 bits per heavy atom. The van der Waals surface area contributed by atoms with Gasteiger partial charge in [0.05, 0.1) is 0 Å². The fraction of sp³-hybridized carbons (Fsp3) is 0.583. The van der Waals surface area contributed by atoms with Crippen molar-refractivity contribution >= 4 is 5.97 Å². The lowest BCUT2D eigenvalue weighted by atomic mass is 10.1. The Morgan fingerprint density at radius 3 is 2.72 bits per heavy atom. The highest BCUT2D eigenvalue weighted by molar-refractivity contribution is 5.85. The maximum Gasteiger partial charge on any atom is 0.354 e. The second-order valence-electron chi connectivity index (χ2n) is 4.60. The maximum absolute atomic E-state index is 10.9. The van der Waals surface area contributed by atoms with Crippen LogP contribution in [0.5, 0.6) is 6.01 Å². The van der Waals surface area contributed by atoms with Gasteiger partial charge in [-0.05, 0) is 32.9 Å². The van der Waals surface area contributed by atoms with Gasteiger partial charge in [0.2, 0.25) is 0 Å². The van der Waals surface area contributed by atoms with Crippen LogP contribution < -0.4 is 4.74 Å². The van der Waals surface area contributed by atoms with E-state index in [2.05, 4.69) is 21.9 Å². The van der Waals surface area contributed by atoms with Gasteiger partial charge < -0.3 is 14.7 Å². The third-order valence-electron chi connectivity index (χ3n) is 2.99. The van der Waals surface area contributed by atoms with Crippen LogP contribution in [0.15, 0.2) is 6.07 Å². The first-order valence-electron chi connectivity index (χ1n) is 5.99. The van der Waals surface area contributed by atoms with Crippen LogP contribution in [0.4, 0.5) is 0 Å². The maximum atomic E-state index is 10.9. The highest BCUT2D eigenvalue weighted by Crippen LogP contribution is 2.16. The number of likely N-dealkylation sites (tertiary alicyclic amines) is 1. The molecule has 98 valence electrons. The van der Waals surface area contributed by atoms with Gasteiger partial charge in [-0.25, -0.2) is 9.78 Å². The summed E-state index contributed by atoms with van der Waals surface area (Å²) in [7, 11) is 2.07. The number of aromatic carboxylic acids is 1. The molecule has 0 atom stereocenters. The molecule has 0 aromatic carbocycles. The average Bonchev–Trinajstić information content (AvgIpc) is 2.31. The molecular weight excluding hydrogens is 234 g/mol. The van der Waals surface area contributed by atoms with E-state index in [1.807, 2.05) is 0 Å². The predicted molar refractivity (Wildman–Crippen MR) is 64.9 cm³/mol. The normalized spacial score (nSPS) is 17.7. The third-order valence-corrected chi connectivity index (χ3v) is 2.99. The molecule has 1 aliphatic rings. The standard InChI is InChI=1S/C12H17N3O3/c1-8-7-10(11(16)17)14-12(13-8)18-9-3-5-15(2)6-4-9/h7,9H,3-6H2,1-2H3,(H,16,17). The average molecular weight is 251 g/mol. The Bertz CT molecular complexity index is 442. The van der Waals surface area contributed by atoms with Gasteiger partial charge in [-0.2, -0.15) is 4.98 Å². The Labute approximate surface area is 106 Å². The molecule has 1 aromatic rings. The number of nitrogens with zero attached hydrogens (tertiary/aromatic N) is 3. The zero-order valence-corrected chi connectivity index (χ0v) is 10.6. The van der Waals surface area contributed by atoms with Crippen molar-refractivity contribution in [1.82, 2.24) is 14.9 Å². The van der Waals surface area contributed by atoms with Crippen LogP contribution in [0.1, 0.15) is 29.0 Å². The van der Waals surface area contributed by atoms with E-state index in [-0.39, 0.29) is 17.8 Å². The van der Waals surface area contributed by atoms with Crippen molar-refractivity contribution in [3.63, 3.8) is 0 Å². The van der Waals surface area contributed by atoms with Crippen molar-refractivity contribution < 1.29 is 14.6 Å². The fourth-order valence-corrected chi connectivity index (χ4v) is 1.96. The molecule has 0 saturated carbocycles. The molecule has 1 aromatic heterocycles. The molecule has 0 bridgehead atoms. The highest BCUT2D eigenvalue weighted by Gasteiger charge is 2.20. The Kier molecular flexibility index (Phi) is 3.76. The summed E-state index contributed by atoms with van der Waals surface area (Å²) >= 11 is 0. The van der Waals surface area contributed by atoms with E-state index in [0.29, 0.717) is 5.69 Å². The molecule has 1 fully saturated rings. The number of hydrogen-bond donors (Lipinski definition) is 1. The molecule has 2 rings (SSSR count). The lowest BCUT2D eigenvalue weighted by Crippen LogP contribution is -2.36. The predicted octanol–water partition coefficient (Wildman–Crippen LogP) is 0.956. The number of carboxylic acid groups (broad SMARTS) is 1. The highest BCUT2D eigenvalue weighted by atomic mass is 16.5. The van der Waals surface area contributed by atoms with E-state index >= 15 is 0 Å². The second-order valence-corrected chi connectivity index (χ2v) is 4.60. The SMILES string of the molecule is Cc1cc(C(=O)O)nc(OC2CCN(C)CC2)n1. The van der Waals surface area contributed by atoms with Crippen molar-refractivity contribution in [1.29, 1.82) is 0 Å². The zero-order chi connectivity index (χ0) is 13.1. The van der Waals surface area contributed by atoms with Gasteiger partial charge in [-0.3, -0.25) is 0 Å². The van der Waals surface area contributed by atoms with Crippen molar-refractivity contribution in [2.24, 2.45) is 0 Å². The molecule has 18 heavy (non-hydrogen) atoms. The minimum atomic E-state index is -1.06. The summed E-state index contributed by atoms with van der Waals surface area (Å²) in [6.07, 6.45) is 1.90. The Hall–Kier alpha value is -1.69. The number of hydrogen-bond acceptors (Lipinski definition) is 5. The Morgan fingerprint density at radius 2 is 2.11 bits per heavy atom. The lowest BCUT2D eigenvalue weighted by molar-refractivity contribution is 0.0683. The van der Waals surface area contributed by atoms with Gasteiger partial charge in [-0.1, -0.05) is 0 Å². The summed E-state index contributed by atoms with van der Waals surface area (Å²) in [5.74, 6) is -1.06. The quantitative estimate of drug-likeness (QED) is 0.862. The molecule has 0 amide bonds. The summed E-state index contributed by atoms with van der Waals surface area (Å²) in [6, 6.07) is 1.60. The van der Waals surface area contributed by atoms with Crippen LogP contribution in [0.2, 0.25) is 0 Å². The van der Waals surface area contributed by atoms with Gasteiger partial charge >= 0.3 is 12.0 Å². The lowest BCUT2D eigenvalue weighted by Gasteiger charge is -2.28. The summed E-state index contributed by atoms with van der Waals surface area (Å²) in [4.78, 5) is 21.1. The van der Waals surface area contributed by atoms with Crippen molar-refractivity contribution in [3.8, 4) is 6.01 Å². The van der Waals surface area contributed by atoms with Gasteiger partial charge in [0.1, 0.15) is 6.10 Å². The number of aromatic nitrogens is 2. The smallest absolute Gasteiger partial charge is 0.354 e. The second kappa shape index (κ2) is 5.30. The molecule has 2 heterocycles. The number of carboxylic acids is 1. The third kappa shape index (κ3) is 3.16. The topological polar surface area (TPSA) is 75.6 Å². The number of ether oxygens (including phenoxy) is 1. The molecular formula is C12H17N3O3. The van der Waals surface area contributed by atoms with E-state index in [9.17, 15) is 4.79 Å². The van der Waals surface area contributed by atoms with Crippen LogP contribution >= 0.6 is 0 Å². The first-order chi connectivity index (χ1) is 8.54. The van der Waals surface area contributed by atoms with Crippen LogP contribution in [0, 0.1) is 6.92 Å². The molecule has 0 aliphatic carbocycles. The number of carbonyl (C=O) groups is 1. The molecule has 1 saturated heterocycles. The zero-order valence-electron chi connectivity index (χ0n) is 10.6. The van der Waals surface area contributed by atoms with Gasteiger partial charge in [0.15, 0.2) is 5.69 Å². The summed E-state index contributed by atoms with van der Waals surface area (Å²) in [5.41, 5.74) is 0.579. The molecule has 0 unspecified atom stereocenters. The minimum absolute atomic E-state index is 0.0228. The molecule has 6 nitrogen and oxygen atoms in total. The first-order valence-corrected chi connectivity index (χ1v) is 5.99. The van der Waals surface area contributed by atoms with Crippen LogP contribution in [-0.4, -0.2) is 52.2 Å². The first kappa shape index (κ1) is 12.8. The number of aryl methyl sites for hydroxylation is 1. The van der Waals surface area contributed by atoms with Crippen molar-refractivity contribution in [3.05, 3.63) is 17.5 Å². The molecule has 1 N–H and O–H groups in total. The molecule has 1 aliphatic heterocycles. The van der Waals surface area contributed by atoms with E-state index in [1.54, 1.807) is 6.92 Å². The summed E-state index contributed by atoms with van der Waals surface area (Å²) in [6.45, 7) is 3.68. The van der Waals surface area contributed by atoms with E-state index < -0.39 is 5.97 Å². The monoisotopic (exact) mass is 251 g/mol. The molecule has 0 radical (unpaired) electrons. The summed E-state index contributed by atoms with van der Waals surface area (Å²) in [5, 5.41) is 8.92. The van der Waals surface area contributed by atoms with Crippen molar-refractivity contribution in [2.45, 2.75) is 25.9 Å². The fourth-order valence-electron chi connectivity index (χ4n) is 1.96. The Balaban J connectivity index is 2.07. The van der Waals surface area contributed by atoms with E-state index in [4.69, 9.17) is 9.84 Å². The number of piperidine rings is 1.